The van der Waals surface area contributed by atoms with Crippen molar-refractivity contribution < 1.29 is 134 Å². The van der Waals surface area contributed by atoms with Crippen LogP contribution in [0.3, 0.4) is 0 Å². The van der Waals surface area contributed by atoms with E-state index >= 15 is 0 Å². The molecule has 0 saturated heterocycles. The Kier molecular flexibility index (Phi) is 11.3. The predicted molar refractivity (Wildman–Crippen MR) is 44.4 cm³/mol. The van der Waals surface area contributed by atoms with Gasteiger partial charge in [-0.1, -0.05) is 17.8 Å². The molecule has 0 aromatic heterocycles. The summed E-state index contributed by atoms with van der Waals surface area (Å²) in [4.78, 5) is 9.46. The summed E-state index contributed by atoms with van der Waals surface area (Å²) in [7, 11) is -4.51. The Morgan fingerprint density at radius 2 is 1.56 bits per heavy atom. The third-order valence-electron chi connectivity index (χ3n) is 1.32. The van der Waals surface area contributed by atoms with Gasteiger partial charge in [-0.15, -0.1) is 0 Å². The minimum absolute atomic E-state index is 0. The molecule has 16 heavy (non-hydrogen) atoms. The number of hydrogen-bond acceptors (Lipinski definition) is 5. The van der Waals surface area contributed by atoms with Gasteiger partial charge in [-0.2, -0.15) is 0 Å². The number of nitro groups is 1. The van der Waals surface area contributed by atoms with Gasteiger partial charge in [0.05, 0.1) is 4.90 Å². The molecule has 7 nitrogen and oxygen atoms in total. The second-order valence-corrected chi connectivity index (χ2v) is 3.67. The average molecular weight is 387 g/mol. The van der Waals surface area contributed by atoms with Gasteiger partial charge < -0.3 is 9.98 Å². The molecule has 0 amide bonds. The second kappa shape index (κ2) is 8.94. The Morgan fingerprint density at radius 1 is 1.12 bits per heavy atom. The smallest absolute Gasteiger partial charge is 0.744 e. The molecule has 0 fully saturated rings. The van der Waals surface area contributed by atoms with E-state index in [1.165, 1.54) is 0 Å². The van der Waals surface area contributed by atoms with Crippen LogP contribution in [0.4, 0.5) is 5.69 Å². The van der Waals surface area contributed by atoms with Gasteiger partial charge in [0, 0.05) is 0 Å². The Balaban J connectivity index is 0. The summed E-state index contributed by atoms with van der Waals surface area (Å²) in [5.41, 5.74) is 2.88. The Hall–Kier alpha value is 1.94. The van der Waals surface area contributed by atoms with E-state index in [9.17, 15) is 23.1 Å². The van der Waals surface area contributed by atoms with Crippen LogP contribution in [0.15, 0.2) is 29.2 Å². The van der Waals surface area contributed by atoms with Gasteiger partial charge in [0.2, 0.25) is 0 Å². The van der Waals surface area contributed by atoms with Crippen molar-refractivity contribution in [2.45, 2.75) is 4.90 Å². The number of rotatable bonds is 3. The van der Waals surface area contributed by atoms with E-state index in [1.54, 1.807) is 0 Å². The summed E-state index contributed by atoms with van der Waals surface area (Å²) in [5, 5.41) is 8.99. The monoisotopic (exact) mass is 386 g/mol. The first-order chi connectivity index (χ1) is 6.39. The van der Waals surface area contributed by atoms with Crippen LogP contribution in [0.25, 0.3) is 5.43 Å². The Morgan fingerprint density at radius 3 is 1.88 bits per heavy atom. The molecule has 0 spiro atoms. The maximum atomic E-state index is 10.4. The molecule has 10 heteroatoms. The van der Waals surface area contributed by atoms with Crippen molar-refractivity contribution in [3.8, 4) is 0 Å². The molecule has 0 N–H and O–H groups in total. The third kappa shape index (κ3) is 7.39. The molecular weight excluding hydrogens is 383 g/mol. The van der Waals surface area contributed by atoms with Crippen molar-refractivity contribution in [3.63, 3.8) is 0 Å². The van der Waals surface area contributed by atoms with E-state index < -0.39 is 20.0 Å². The van der Waals surface area contributed by atoms with E-state index in [2.05, 4.69) is 5.43 Å². The van der Waals surface area contributed by atoms with Gasteiger partial charge >= 0.3 is 116 Å². The van der Waals surface area contributed by atoms with Crippen molar-refractivity contribution >= 4 is 15.8 Å². The predicted octanol–water partition coefficient (Wildman–Crippen LogP) is -5.20. The molecule has 0 atom stereocenters. The first kappa shape index (κ1) is 20.3. The first-order valence-corrected chi connectivity index (χ1v) is 4.72. The van der Waals surface area contributed by atoms with Crippen LogP contribution in [-0.2, 0) is 10.1 Å². The molecule has 1 aromatic carbocycles. The molecule has 1 rings (SSSR count). The van der Waals surface area contributed by atoms with Gasteiger partial charge in [0.1, 0.15) is 10.1 Å². The van der Waals surface area contributed by atoms with Gasteiger partial charge in [-0.25, -0.2) is 8.42 Å². The minimum Gasteiger partial charge on any atom is -0.744 e. The van der Waals surface area contributed by atoms with Gasteiger partial charge in [-0.3, -0.25) is 10.1 Å². The Labute approximate surface area is 190 Å². The normalized spacial score (nSPS) is 9.56. The molecule has 0 unspecified atom stereocenters. The second-order valence-electron chi connectivity index (χ2n) is 2.29. The summed E-state index contributed by atoms with van der Waals surface area (Å²) in [6.45, 7) is 0. The zero-order valence-corrected chi connectivity index (χ0v) is 19.3. The van der Waals surface area contributed by atoms with Gasteiger partial charge in [0.25, 0.3) is 0 Å². The molecule has 0 aliphatic heterocycles. The van der Waals surface area contributed by atoms with Crippen LogP contribution in [0.5, 0.6) is 0 Å². The molecule has 0 heterocycles. The summed E-state index contributed by atoms with van der Waals surface area (Å²) in [6.07, 6.45) is 0. The van der Waals surface area contributed by atoms with E-state index in [0.29, 0.717) is 0 Å². The fourth-order valence-electron chi connectivity index (χ4n) is 0.774. The molecule has 0 aliphatic carbocycles. The summed E-state index contributed by atoms with van der Waals surface area (Å²) in [6, 6.07) is 4.08. The van der Waals surface area contributed by atoms with Crippen LogP contribution >= 0.6 is 0 Å². The maximum Gasteiger partial charge on any atom is 1.00 e. The largest absolute Gasteiger partial charge is 1.00 e. The molecule has 0 saturated carbocycles. The minimum atomic E-state index is -4.51. The van der Waals surface area contributed by atoms with E-state index in [1.807, 2.05) is 0 Å². The van der Waals surface area contributed by atoms with Gasteiger partial charge in [0.15, 0.2) is 0 Å². The van der Waals surface area contributed by atoms with Crippen molar-refractivity contribution in [2.75, 3.05) is 0 Å². The van der Waals surface area contributed by atoms with Crippen LogP contribution in [0.1, 0.15) is 0 Å². The number of nitrogens with zero attached hydrogens (tertiary/aromatic N) is 2. The molecule has 0 radical (unpaired) electrons. The topological polar surface area (TPSA) is 114 Å². The van der Waals surface area contributed by atoms with Crippen LogP contribution in [0, 0.1) is 10.1 Å². The fraction of sp³-hybridized carbons (Fsp3) is 0. The zero-order chi connectivity index (χ0) is 10.8. The summed E-state index contributed by atoms with van der Waals surface area (Å²) in [5.74, 6) is 0. The SMILES string of the molecule is O=[N+]([O-])[N-]c1ccc(S(=O)(=O)[O-])cc1.[Rb+].[Rb+]. The van der Waals surface area contributed by atoms with E-state index in [4.69, 9.17) is 0 Å². The first-order valence-electron chi connectivity index (χ1n) is 3.31. The molecular formula is C6H4N2O5Rb2S. The summed E-state index contributed by atoms with van der Waals surface area (Å²) < 4.78 is 31.3. The molecule has 0 bridgehead atoms. The maximum absolute atomic E-state index is 10.4. The number of benzene rings is 1. The number of hydrogen-bond donors (Lipinski definition) is 0. The third-order valence-corrected chi connectivity index (χ3v) is 2.17. The fourth-order valence-corrected chi connectivity index (χ4v) is 1.24. The van der Waals surface area contributed by atoms with Crippen LogP contribution in [-0.4, -0.2) is 18.0 Å². The van der Waals surface area contributed by atoms with E-state index in [-0.39, 0.29) is 122 Å². The molecule has 0 aliphatic rings. The standard InChI is InChI=1S/C6H5N2O5S.2Rb/c9-8(10)7-5-1-3-6(4-2-5)14(11,12)13;;/h1-4H,(H,11,12,13);;/q-1;2*+1/p-1. The molecule has 76 valence electrons. The van der Waals surface area contributed by atoms with Crippen LogP contribution < -0.4 is 116 Å². The Bertz CT molecular complexity index is 446. The summed E-state index contributed by atoms with van der Waals surface area (Å²) >= 11 is 0. The van der Waals surface area contributed by atoms with Crippen molar-refractivity contribution in [2.24, 2.45) is 0 Å². The van der Waals surface area contributed by atoms with Crippen LogP contribution in [0.2, 0.25) is 0 Å². The van der Waals surface area contributed by atoms with Crippen molar-refractivity contribution in [3.05, 3.63) is 39.8 Å². The zero-order valence-electron chi connectivity index (χ0n) is 8.65. The van der Waals surface area contributed by atoms with Gasteiger partial charge in [-0.05, 0) is 17.2 Å². The van der Waals surface area contributed by atoms with Crippen molar-refractivity contribution in [1.29, 1.82) is 0 Å². The average Bonchev–Trinajstić information content (AvgIpc) is 2.02. The molecule has 1 aromatic rings. The quantitative estimate of drug-likeness (QED) is 0.292. The van der Waals surface area contributed by atoms with Crippen molar-refractivity contribution in [1.82, 2.24) is 0 Å². The van der Waals surface area contributed by atoms with E-state index in [0.717, 1.165) is 24.3 Å².